The summed E-state index contributed by atoms with van der Waals surface area (Å²) < 4.78 is 29.0. The molecule has 0 heterocycles. The molecule has 0 unspecified atom stereocenters. The van der Waals surface area contributed by atoms with Gasteiger partial charge in [-0.1, -0.05) is 45.9 Å². The molecule has 2 aromatic rings. The number of benzene rings is 2. The summed E-state index contributed by atoms with van der Waals surface area (Å²) in [7, 11) is 0.874. The minimum atomic E-state index is -4.45. The lowest BCUT2D eigenvalue weighted by molar-refractivity contribution is -0.140. The molecule has 21 nitrogen and oxygen atoms in total. The zero-order valence-corrected chi connectivity index (χ0v) is 32.5. The molecular weight excluding hydrogens is 803 g/mol. The van der Waals surface area contributed by atoms with Crippen LogP contribution in [0.5, 0.6) is 0 Å². The highest BCUT2D eigenvalue weighted by Gasteiger charge is 2.29. The molecule has 11 N–H and O–H groups in total. The van der Waals surface area contributed by atoms with E-state index in [0.29, 0.717) is 16.5 Å². The van der Waals surface area contributed by atoms with Crippen molar-refractivity contribution in [3.8, 4) is 0 Å². The van der Waals surface area contributed by atoms with E-state index >= 15 is 0 Å². The van der Waals surface area contributed by atoms with E-state index in [0.717, 1.165) is 21.6 Å². The first-order valence-corrected chi connectivity index (χ1v) is 20.4. The van der Waals surface area contributed by atoms with Gasteiger partial charge in [0, 0.05) is 54.9 Å². The molecule has 0 bridgehead atoms. The van der Waals surface area contributed by atoms with Crippen LogP contribution >= 0.6 is 21.6 Å². The molecule has 24 heteroatoms. The SMILES string of the molecule is CN(C)c1cccc2c(S(=O)(=O)N[C@@H](CCC(=O)N[C@@H](CSSC[C@H](NC(=O)CC[C@H](N)C(=O)O)C(=O)NCC(=O)O)C(=O)NCC(=O)O)C(=O)O)cccc12. The number of carbonyl (C=O) groups is 8. The largest absolute Gasteiger partial charge is 0.480 e. The van der Waals surface area contributed by atoms with Gasteiger partial charge < -0.3 is 52.3 Å². The minimum Gasteiger partial charge on any atom is -0.480 e. The molecular formula is C32H43N7O14S3. The van der Waals surface area contributed by atoms with Crippen molar-refractivity contribution in [2.45, 2.75) is 54.7 Å². The normalized spacial score (nSPS) is 13.3. The molecule has 0 aliphatic heterocycles. The van der Waals surface area contributed by atoms with E-state index in [9.17, 15) is 51.9 Å². The summed E-state index contributed by atoms with van der Waals surface area (Å²) in [4.78, 5) is 97.4. The fourth-order valence-electron chi connectivity index (χ4n) is 4.76. The average molecular weight is 846 g/mol. The Kier molecular flexibility index (Phi) is 18.8. The molecule has 0 aromatic heterocycles. The van der Waals surface area contributed by atoms with Gasteiger partial charge in [0.1, 0.15) is 37.3 Å². The van der Waals surface area contributed by atoms with Gasteiger partial charge in [0.15, 0.2) is 0 Å². The number of carboxylic acid groups (broad SMARTS) is 4. The van der Waals surface area contributed by atoms with Crippen molar-refractivity contribution in [1.29, 1.82) is 0 Å². The molecule has 0 aliphatic rings. The number of carbonyl (C=O) groups excluding carboxylic acids is 4. The summed E-state index contributed by atoms with van der Waals surface area (Å²) in [5, 5.41) is 46.5. The lowest BCUT2D eigenvalue weighted by atomic mass is 10.1. The molecule has 0 radical (unpaired) electrons. The van der Waals surface area contributed by atoms with Crippen LogP contribution in [0, 0.1) is 0 Å². The van der Waals surface area contributed by atoms with Gasteiger partial charge in [-0.25, -0.2) is 8.42 Å². The number of nitrogens with one attached hydrogen (secondary N) is 5. The van der Waals surface area contributed by atoms with E-state index in [4.69, 9.17) is 21.1 Å². The quantitative estimate of drug-likeness (QED) is 0.0396. The second-order valence-corrected chi connectivity index (χ2v) is 16.3. The lowest BCUT2D eigenvalue weighted by Gasteiger charge is -2.20. The van der Waals surface area contributed by atoms with E-state index in [1.54, 1.807) is 43.3 Å². The summed E-state index contributed by atoms with van der Waals surface area (Å²) in [6.45, 7) is -1.60. The van der Waals surface area contributed by atoms with Crippen molar-refractivity contribution < 1.29 is 67.2 Å². The summed E-state index contributed by atoms with van der Waals surface area (Å²) in [5.74, 6) is -9.71. The van der Waals surface area contributed by atoms with Crippen LogP contribution < -0.4 is 36.6 Å². The molecule has 308 valence electrons. The van der Waals surface area contributed by atoms with Gasteiger partial charge in [0.05, 0.1) is 4.90 Å². The zero-order chi connectivity index (χ0) is 42.2. The number of rotatable bonds is 25. The minimum absolute atomic E-state index is 0.192. The van der Waals surface area contributed by atoms with Crippen LogP contribution in [-0.4, -0.2) is 139 Å². The summed E-state index contributed by atoms with van der Waals surface area (Å²) >= 11 is 0. The third-order valence-electron chi connectivity index (χ3n) is 7.57. The summed E-state index contributed by atoms with van der Waals surface area (Å²) in [6.07, 6.45) is -1.79. The van der Waals surface area contributed by atoms with Gasteiger partial charge >= 0.3 is 23.9 Å². The highest BCUT2D eigenvalue weighted by atomic mass is 33.1. The average Bonchev–Trinajstić information content (AvgIpc) is 3.13. The number of nitrogens with two attached hydrogens (primary N) is 1. The number of amides is 4. The van der Waals surface area contributed by atoms with Gasteiger partial charge in [0.2, 0.25) is 33.7 Å². The van der Waals surface area contributed by atoms with Gasteiger partial charge in [-0.3, -0.25) is 38.4 Å². The standard InChI is InChI=1S/C32H43N7O14S3/c1-39(2)23-7-3-6-18-17(23)5-4-8-24(18)56(52,53)38-20(32(50)51)10-12-26(41)37-22(30(47)35-14-28(44)45)16-55-54-15-21(29(46)34-13-27(42)43)36-25(40)11-9-19(33)31(48)49/h3-8,19-22,38H,9-16,33H2,1-2H3,(H,34,46)(H,35,47)(H,36,40)(H,37,41)(H,42,43)(H,44,45)(H,48,49)(H,50,51)/t19-,20-,21-,22-/m0/s1. The van der Waals surface area contributed by atoms with Crippen molar-refractivity contribution >= 4 is 95.6 Å². The van der Waals surface area contributed by atoms with Gasteiger partial charge in [0.25, 0.3) is 0 Å². The number of hydrogen-bond acceptors (Lipinski definition) is 14. The molecule has 0 spiro atoms. The van der Waals surface area contributed by atoms with E-state index in [2.05, 4.69) is 26.0 Å². The molecule has 0 saturated carbocycles. The maximum atomic E-state index is 13.4. The van der Waals surface area contributed by atoms with E-state index in [1.807, 2.05) is 0 Å². The fourth-order valence-corrected chi connectivity index (χ4v) is 8.53. The Morgan fingerprint density at radius 2 is 1.18 bits per heavy atom. The van der Waals surface area contributed by atoms with Gasteiger partial charge in [-0.05, 0) is 25.0 Å². The number of hydrogen-bond donors (Lipinski definition) is 10. The number of fused-ring (bicyclic) bond motifs is 1. The Bertz CT molecular complexity index is 1900. The topological polar surface area (TPSA) is 341 Å². The highest BCUT2D eigenvalue weighted by molar-refractivity contribution is 8.76. The third-order valence-corrected chi connectivity index (χ3v) is 11.5. The molecule has 2 rings (SSSR count). The van der Waals surface area contributed by atoms with Crippen molar-refractivity contribution in [3.05, 3.63) is 36.4 Å². The van der Waals surface area contributed by atoms with Crippen LogP contribution in [0.15, 0.2) is 41.3 Å². The summed E-state index contributed by atoms with van der Waals surface area (Å²) in [6, 6.07) is 3.63. The third kappa shape index (κ3) is 15.5. The Morgan fingerprint density at radius 1 is 0.696 bits per heavy atom. The van der Waals surface area contributed by atoms with E-state index in [-0.39, 0.29) is 29.2 Å². The van der Waals surface area contributed by atoms with Crippen LogP contribution in [0.1, 0.15) is 25.7 Å². The molecule has 0 fully saturated rings. The smallest absolute Gasteiger partial charge is 0.322 e. The summed E-state index contributed by atoms with van der Waals surface area (Å²) in [5.41, 5.74) is 6.12. The maximum Gasteiger partial charge on any atom is 0.322 e. The first kappa shape index (κ1) is 47.0. The maximum absolute atomic E-state index is 13.4. The Labute approximate surface area is 328 Å². The van der Waals surface area contributed by atoms with Crippen molar-refractivity contribution in [3.63, 3.8) is 0 Å². The first-order valence-electron chi connectivity index (χ1n) is 16.5. The number of nitrogens with zero attached hydrogens (tertiary/aromatic N) is 1. The monoisotopic (exact) mass is 845 g/mol. The number of sulfonamides is 1. The van der Waals surface area contributed by atoms with Crippen LogP contribution in [0.25, 0.3) is 10.8 Å². The fraction of sp³-hybridized carbons (Fsp3) is 0.438. The molecule has 56 heavy (non-hydrogen) atoms. The molecule has 2 aromatic carbocycles. The second kappa shape index (κ2) is 22.4. The Balaban J connectivity index is 2.12. The van der Waals surface area contributed by atoms with Gasteiger partial charge in [-0.15, -0.1) is 0 Å². The number of anilines is 1. The Morgan fingerprint density at radius 3 is 1.64 bits per heavy atom. The first-order chi connectivity index (χ1) is 26.2. The van der Waals surface area contributed by atoms with Crippen LogP contribution in [0.3, 0.4) is 0 Å². The Hall–Kier alpha value is -5.17. The van der Waals surface area contributed by atoms with Crippen molar-refractivity contribution in [2.75, 3.05) is 43.6 Å². The molecule has 0 saturated heterocycles. The number of aliphatic carboxylic acids is 4. The molecule has 4 amide bonds. The van der Waals surface area contributed by atoms with E-state index < -0.39 is 108 Å². The predicted molar refractivity (Wildman–Crippen MR) is 204 cm³/mol. The van der Waals surface area contributed by atoms with Crippen molar-refractivity contribution in [1.82, 2.24) is 26.0 Å². The predicted octanol–water partition coefficient (Wildman–Crippen LogP) is -1.64. The number of carboxylic acids is 4. The van der Waals surface area contributed by atoms with Crippen LogP contribution in [-0.2, 0) is 48.4 Å². The van der Waals surface area contributed by atoms with Gasteiger partial charge in [-0.2, -0.15) is 4.72 Å². The van der Waals surface area contributed by atoms with Crippen LogP contribution in [0.4, 0.5) is 5.69 Å². The zero-order valence-electron chi connectivity index (χ0n) is 30.1. The van der Waals surface area contributed by atoms with Crippen LogP contribution in [0.2, 0.25) is 0 Å². The second-order valence-electron chi connectivity index (χ2n) is 12.1. The molecule has 4 atom stereocenters. The highest BCUT2D eigenvalue weighted by Crippen LogP contribution is 2.30. The van der Waals surface area contributed by atoms with E-state index in [1.165, 1.54) is 12.1 Å². The van der Waals surface area contributed by atoms with Crippen molar-refractivity contribution in [2.24, 2.45) is 5.73 Å². The lowest BCUT2D eigenvalue weighted by Crippen LogP contribution is -2.50. The molecule has 0 aliphatic carbocycles.